The van der Waals surface area contributed by atoms with Gasteiger partial charge in [-0.2, -0.15) is 0 Å². The Morgan fingerprint density at radius 1 is 1.63 bits per heavy atom. The molecule has 1 aromatic rings. The summed E-state index contributed by atoms with van der Waals surface area (Å²) in [5, 5.41) is 6.38. The van der Waals surface area contributed by atoms with Crippen molar-refractivity contribution in [2.45, 2.75) is 25.8 Å². The van der Waals surface area contributed by atoms with Crippen molar-refractivity contribution < 1.29 is 18.8 Å². The number of ether oxygens (including phenoxy) is 1. The Bertz CT molecular complexity index is 432. The highest BCUT2D eigenvalue weighted by atomic mass is 16.5. The van der Waals surface area contributed by atoms with Crippen molar-refractivity contribution in [3.8, 4) is 0 Å². The van der Waals surface area contributed by atoms with Gasteiger partial charge >= 0.3 is 6.09 Å². The zero-order valence-corrected chi connectivity index (χ0v) is 10.8. The summed E-state index contributed by atoms with van der Waals surface area (Å²) in [6.45, 7) is 3.21. The SMILES string of the molecule is CCOC(=O)NC1CCCN(C(=O)c2ccon2)C1. The van der Waals surface area contributed by atoms with E-state index in [1.54, 1.807) is 11.8 Å². The number of alkyl carbamates (subject to hydrolysis) is 1. The second-order valence-corrected chi connectivity index (χ2v) is 4.34. The Morgan fingerprint density at radius 2 is 2.47 bits per heavy atom. The first-order chi connectivity index (χ1) is 9.20. The molecule has 0 spiro atoms. The highest BCUT2D eigenvalue weighted by Crippen LogP contribution is 2.13. The van der Waals surface area contributed by atoms with E-state index in [2.05, 4.69) is 15.0 Å². The van der Waals surface area contributed by atoms with Crippen molar-refractivity contribution in [3.63, 3.8) is 0 Å². The van der Waals surface area contributed by atoms with Crippen LogP contribution in [0.3, 0.4) is 0 Å². The molecule has 1 N–H and O–H groups in total. The molecule has 1 aromatic heterocycles. The predicted molar refractivity (Wildman–Crippen MR) is 65.6 cm³/mol. The van der Waals surface area contributed by atoms with Crippen LogP contribution in [0.15, 0.2) is 16.9 Å². The topological polar surface area (TPSA) is 84.7 Å². The molecule has 0 aliphatic carbocycles. The van der Waals surface area contributed by atoms with Gasteiger partial charge in [-0.1, -0.05) is 5.16 Å². The largest absolute Gasteiger partial charge is 0.450 e. The summed E-state index contributed by atoms with van der Waals surface area (Å²) in [5.74, 6) is -0.177. The second-order valence-electron chi connectivity index (χ2n) is 4.34. The number of nitrogens with one attached hydrogen (secondary N) is 1. The minimum absolute atomic E-state index is 0.0800. The van der Waals surface area contributed by atoms with Crippen LogP contribution in [0.5, 0.6) is 0 Å². The molecule has 19 heavy (non-hydrogen) atoms. The van der Waals surface area contributed by atoms with E-state index < -0.39 is 6.09 Å². The first-order valence-corrected chi connectivity index (χ1v) is 6.33. The zero-order chi connectivity index (χ0) is 13.7. The molecular weight excluding hydrogens is 250 g/mol. The predicted octanol–water partition coefficient (Wildman–Crippen LogP) is 1.03. The third kappa shape index (κ3) is 3.46. The van der Waals surface area contributed by atoms with E-state index in [1.165, 1.54) is 12.3 Å². The standard InChI is InChI=1S/C12H17N3O4/c1-2-18-12(17)13-9-4-3-6-15(8-9)11(16)10-5-7-19-14-10/h5,7,9H,2-4,6,8H2,1H3,(H,13,17). The summed E-state index contributed by atoms with van der Waals surface area (Å²) in [7, 11) is 0. The van der Waals surface area contributed by atoms with E-state index in [1.807, 2.05) is 0 Å². The number of carbonyl (C=O) groups excluding carboxylic acids is 2. The van der Waals surface area contributed by atoms with E-state index in [0.29, 0.717) is 19.7 Å². The zero-order valence-electron chi connectivity index (χ0n) is 10.8. The maximum Gasteiger partial charge on any atom is 0.407 e. The first-order valence-electron chi connectivity index (χ1n) is 6.33. The number of aromatic nitrogens is 1. The Morgan fingerprint density at radius 3 is 3.16 bits per heavy atom. The van der Waals surface area contributed by atoms with Gasteiger partial charge in [0.15, 0.2) is 5.69 Å². The Labute approximate surface area is 110 Å². The van der Waals surface area contributed by atoms with E-state index in [4.69, 9.17) is 4.74 Å². The Balaban J connectivity index is 1.90. The Kier molecular flexibility index (Phi) is 4.38. The summed E-state index contributed by atoms with van der Waals surface area (Å²) in [6, 6.07) is 1.45. The van der Waals surface area contributed by atoms with Crippen LogP contribution in [0.2, 0.25) is 0 Å². The van der Waals surface area contributed by atoms with E-state index in [0.717, 1.165) is 12.8 Å². The summed E-state index contributed by atoms with van der Waals surface area (Å²) in [4.78, 5) is 25.1. The third-order valence-electron chi connectivity index (χ3n) is 2.96. The molecule has 1 atom stereocenters. The van der Waals surface area contributed by atoms with Crippen molar-refractivity contribution in [3.05, 3.63) is 18.0 Å². The first kappa shape index (κ1) is 13.4. The lowest BCUT2D eigenvalue weighted by molar-refractivity contribution is 0.0676. The van der Waals surface area contributed by atoms with Crippen LogP contribution in [0, 0.1) is 0 Å². The Hall–Kier alpha value is -2.05. The van der Waals surface area contributed by atoms with Crippen molar-refractivity contribution in [2.75, 3.05) is 19.7 Å². The molecule has 7 heteroatoms. The van der Waals surface area contributed by atoms with Crippen LogP contribution < -0.4 is 5.32 Å². The molecular formula is C12H17N3O4. The summed E-state index contributed by atoms with van der Waals surface area (Å²) >= 11 is 0. The van der Waals surface area contributed by atoms with Crippen LogP contribution in [0.1, 0.15) is 30.3 Å². The molecule has 1 fully saturated rings. The molecule has 2 amide bonds. The molecule has 0 aromatic carbocycles. The molecule has 1 aliphatic heterocycles. The fourth-order valence-corrected chi connectivity index (χ4v) is 2.10. The van der Waals surface area contributed by atoms with Crippen LogP contribution >= 0.6 is 0 Å². The number of hydrogen-bond donors (Lipinski definition) is 1. The van der Waals surface area contributed by atoms with Gasteiger partial charge in [0.05, 0.1) is 6.61 Å². The molecule has 104 valence electrons. The van der Waals surface area contributed by atoms with Gasteiger partial charge in [-0.05, 0) is 19.8 Å². The highest BCUT2D eigenvalue weighted by molar-refractivity contribution is 5.92. The van der Waals surface area contributed by atoms with Crippen molar-refractivity contribution >= 4 is 12.0 Å². The van der Waals surface area contributed by atoms with Crippen LogP contribution in [-0.4, -0.2) is 47.8 Å². The van der Waals surface area contributed by atoms with Gasteiger partial charge < -0.3 is 19.5 Å². The molecule has 2 heterocycles. The molecule has 1 aliphatic rings. The minimum Gasteiger partial charge on any atom is -0.450 e. The smallest absolute Gasteiger partial charge is 0.407 e. The number of likely N-dealkylation sites (tertiary alicyclic amines) is 1. The van der Waals surface area contributed by atoms with Gasteiger partial charge in [0.1, 0.15) is 6.26 Å². The summed E-state index contributed by atoms with van der Waals surface area (Å²) in [5.41, 5.74) is 0.289. The van der Waals surface area contributed by atoms with Crippen molar-refractivity contribution in [1.82, 2.24) is 15.4 Å². The lowest BCUT2D eigenvalue weighted by atomic mass is 10.1. The van der Waals surface area contributed by atoms with E-state index in [-0.39, 0.29) is 17.6 Å². The number of piperidine rings is 1. The van der Waals surface area contributed by atoms with Crippen LogP contribution in [0.25, 0.3) is 0 Å². The van der Waals surface area contributed by atoms with Gasteiger partial charge in [0, 0.05) is 25.2 Å². The lowest BCUT2D eigenvalue weighted by Crippen LogP contribution is -2.49. The molecule has 0 bridgehead atoms. The molecule has 1 unspecified atom stereocenters. The maximum atomic E-state index is 12.1. The normalized spacial score (nSPS) is 19.0. The van der Waals surface area contributed by atoms with Crippen LogP contribution in [-0.2, 0) is 4.74 Å². The van der Waals surface area contributed by atoms with Gasteiger partial charge in [-0.3, -0.25) is 4.79 Å². The molecule has 1 saturated heterocycles. The summed E-state index contributed by atoms with van der Waals surface area (Å²) in [6.07, 6.45) is 2.59. The molecule has 0 saturated carbocycles. The van der Waals surface area contributed by atoms with Gasteiger partial charge in [-0.25, -0.2) is 4.79 Å². The van der Waals surface area contributed by atoms with Gasteiger partial charge in [0.25, 0.3) is 5.91 Å². The van der Waals surface area contributed by atoms with Crippen molar-refractivity contribution in [2.24, 2.45) is 0 Å². The third-order valence-corrected chi connectivity index (χ3v) is 2.96. The molecule has 7 nitrogen and oxygen atoms in total. The van der Waals surface area contributed by atoms with Gasteiger partial charge in [0.2, 0.25) is 0 Å². The number of rotatable bonds is 3. The monoisotopic (exact) mass is 267 g/mol. The number of carbonyl (C=O) groups is 2. The van der Waals surface area contributed by atoms with E-state index >= 15 is 0 Å². The molecule has 0 radical (unpaired) electrons. The average Bonchev–Trinajstić information content (AvgIpc) is 2.92. The quantitative estimate of drug-likeness (QED) is 0.884. The number of nitrogens with zero attached hydrogens (tertiary/aromatic N) is 2. The fraction of sp³-hybridized carbons (Fsp3) is 0.583. The molecule has 2 rings (SSSR count). The van der Waals surface area contributed by atoms with E-state index in [9.17, 15) is 9.59 Å². The average molecular weight is 267 g/mol. The maximum absolute atomic E-state index is 12.1. The lowest BCUT2D eigenvalue weighted by Gasteiger charge is -2.32. The number of hydrogen-bond acceptors (Lipinski definition) is 5. The number of amides is 2. The fourth-order valence-electron chi connectivity index (χ4n) is 2.10. The minimum atomic E-state index is -0.441. The van der Waals surface area contributed by atoms with Gasteiger partial charge in [-0.15, -0.1) is 0 Å². The second kappa shape index (κ2) is 6.21. The van der Waals surface area contributed by atoms with Crippen molar-refractivity contribution in [1.29, 1.82) is 0 Å². The van der Waals surface area contributed by atoms with Crippen LogP contribution in [0.4, 0.5) is 4.79 Å². The highest BCUT2D eigenvalue weighted by Gasteiger charge is 2.26. The summed E-state index contributed by atoms with van der Waals surface area (Å²) < 4.78 is 9.49.